The summed E-state index contributed by atoms with van der Waals surface area (Å²) in [5, 5.41) is 0.515. The maximum absolute atomic E-state index is 13.5. The molecule has 1 atom stereocenters. The zero-order chi connectivity index (χ0) is 19.4. The molecule has 1 saturated heterocycles. The summed E-state index contributed by atoms with van der Waals surface area (Å²) in [4.78, 5) is 14.3. The second-order valence-corrected chi connectivity index (χ2v) is 9.14. The minimum Gasteiger partial charge on any atom is -0.331 e. The van der Waals surface area contributed by atoms with Gasteiger partial charge in [-0.3, -0.25) is 4.79 Å². The molecule has 0 spiro atoms. The van der Waals surface area contributed by atoms with Gasteiger partial charge in [0.15, 0.2) is 9.84 Å². The van der Waals surface area contributed by atoms with Crippen LogP contribution >= 0.6 is 11.6 Å². The monoisotopic (exact) mass is 407 g/mol. The van der Waals surface area contributed by atoms with Crippen LogP contribution in [0, 0.1) is 5.82 Å². The molecule has 0 bridgehead atoms. The molecule has 27 heavy (non-hydrogen) atoms. The highest BCUT2D eigenvalue weighted by molar-refractivity contribution is 7.91. The summed E-state index contributed by atoms with van der Waals surface area (Å²) >= 11 is 6.10. The molecular weight excluding hydrogens is 389 g/mol. The van der Waals surface area contributed by atoms with Crippen molar-refractivity contribution in [1.82, 2.24) is 4.90 Å². The van der Waals surface area contributed by atoms with Crippen molar-refractivity contribution < 1.29 is 17.6 Å². The van der Waals surface area contributed by atoms with E-state index in [4.69, 9.17) is 11.6 Å². The van der Waals surface area contributed by atoms with E-state index in [0.29, 0.717) is 22.6 Å². The van der Waals surface area contributed by atoms with Crippen molar-refractivity contribution in [3.63, 3.8) is 0 Å². The summed E-state index contributed by atoms with van der Waals surface area (Å²) in [6, 6.07) is 12.6. The fourth-order valence-electron chi connectivity index (χ4n) is 3.11. The minimum absolute atomic E-state index is 0.0544. The van der Waals surface area contributed by atoms with Crippen LogP contribution in [0.15, 0.2) is 54.6 Å². The van der Waals surface area contributed by atoms with Gasteiger partial charge >= 0.3 is 0 Å². The van der Waals surface area contributed by atoms with Crippen molar-refractivity contribution in [3.05, 3.63) is 76.6 Å². The standard InChI is InChI=1S/C20H19ClFNO3S/c21-19-7-2-1-5-16(19)8-9-20(24)23(18-10-11-27(25,26)14-18)13-15-4-3-6-17(22)12-15/h1-9,12,18H,10-11,13-14H2/b9-8+. The van der Waals surface area contributed by atoms with Crippen LogP contribution in [0.2, 0.25) is 5.02 Å². The van der Waals surface area contributed by atoms with E-state index in [9.17, 15) is 17.6 Å². The fraction of sp³-hybridized carbons (Fsp3) is 0.250. The number of rotatable bonds is 5. The van der Waals surface area contributed by atoms with Crippen LogP contribution in [-0.2, 0) is 21.2 Å². The first-order valence-electron chi connectivity index (χ1n) is 8.52. The first-order chi connectivity index (χ1) is 12.8. The Morgan fingerprint density at radius 1 is 1.22 bits per heavy atom. The number of carbonyl (C=O) groups excluding carboxylic acids is 1. The van der Waals surface area contributed by atoms with Crippen molar-refractivity contribution >= 4 is 33.4 Å². The van der Waals surface area contributed by atoms with E-state index in [1.165, 1.54) is 23.1 Å². The number of halogens is 2. The number of hydrogen-bond acceptors (Lipinski definition) is 3. The van der Waals surface area contributed by atoms with Gasteiger partial charge in [0.05, 0.1) is 11.5 Å². The molecule has 1 unspecified atom stereocenters. The third kappa shape index (κ3) is 5.17. The molecule has 2 aromatic carbocycles. The van der Waals surface area contributed by atoms with Crippen molar-refractivity contribution in [2.45, 2.75) is 19.0 Å². The van der Waals surface area contributed by atoms with Gasteiger partial charge in [-0.25, -0.2) is 12.8 Å². The lowest BCUT2D eigenvalue weighted by molar-refractivity contribution is -0.128. The quantitative estimate of drug-likeness (QED) is 0.710. The average Bonchev–Trinajstić information content (AvgIpc) is 2.98. The second-order valence-electron chi connectivity index (χ2n) is 6.51. The van der Waals surface area contributed by atoms with Gasteiger partial charge in [-0.15, -0.1) is 0 Å². The Morgan fingerprint density at radius 3 is 2.67 bits per heavy atom. The number of benzene rings is 2. The molecule has 0 saturated carbocycles. The topological polar surface area (TPSA) is 54.5 Å². The molecular formula is C20H19ClFNO3S. The molecule has 1 aliphatic heterocycles. The molecule has 1 fully saturated rings. The average molecular weight is 408 g/mol. The highest BCUT2D eigenvalue weighted by atomic mass is 35.5. The number of amides is 1. The Bertz CT molecular complexity index is 975. The molecule has 0 aromatic heterocycles. The number of carbonyl (C=O) groups is 1. The lowest BCUT2D eigenvalue weighted by Crippen LogP contribution is -2.39. The molecule has 142 valence electrons. The Balaban J connectivity index is 1.84. The van der Waals surface area contributed by atoms with Crippen LogP contribution in [-0.4, -0.2) is 36.8 Å². The smallest absolute Gasteiger partial charge is 0.247 e. The van der Waals surface area contributed by atoms with Crippen molar-refractivity contribution in [2.75, 3.05) is 11.5 Å². The SMILES string of the molecule is O=C(/C=C/c1ccccc1Cl)N(Cc1cccc(F)c1)C1CCS(=O)(=O)C1. The predicted octanol–water partition coefficient (Wildman–Crippen LogP) is 3.71. The van der Waals surface area contributed by atoms with Gasteiger partial charge < -0.3 is 4.90 Å². The van der Waals surface area contributed by atoms with Crippen molar-refractivity contribution in [3.8, 4) is 0 Å². The van der Waals surface area contributed by atoms with E-state index in [1.54, 1.807) is 36.4 Å². The summed E-state index contributed by atoms with van der Waals surface area (Å²) in [6.07, 6.45) is 3.36. The van der Waals surface area contributed by atoms with Gasteiger partial charge in [0.25, 0.3) is 0 Å². The van der Waals surface area contributed by atoms with Gasteiger partial charge in [-0.05, 0) is 41.8 Å². The summed E-state index contributed by atoms with van der Waals surface area (Å²) in [5.41, 5.74) is 1.30. The van der Waals surface area contributed by atoms with E-state index in [0.717, 1.165) is 0 Å². The van der Waals surface area contributed by atoms with Gasteiger partial charge in [-0.2, -0.15) is 0 Å². The second kappa shape index (κ2) is 8.23. The zero-order valence-electron chi connectivity index (χ0n) is 14.5. The summed E-state index contributed by atoms with van der Waals surface area (Å²) in [6.45, 7) is 0.143. The van der Waals surface area contributed by atoms with E-state index in [2.05, 4.69) is 0 Å². The van der Waals surface area contributed by atoms with Gasteiger partial charge in [0, 0.05) is 23.7 Å². The van der Waals surface area contributed by atoms with Crippen LogP contribution in [0.4, 0.5) is 4.39 Å². The molecule has 1 heterocycles. The molecule has 7 heteroatoms. The van der Waals surface area contributed by atoms with E-state index in [-0.39, 0.29) is 24.0 Å². The van der Waals surface area contributed by atoms with Crippen LogP contribution in [0.5, 0.6) is 0 Å². The van der Waals surface area contributed by atoms with Gasteiger partial charge in [0.1, 0.15) is 5.82 Å². The number of hydrogen-bond donors (Lipinski definition) is 0. The van der Waals surface area contributed by atoms with Gasteiger partial charge in [-0.1, -0.05) is 41.9 Å². The lowest BCUT2D eigenvalue weighted by Gasteiger charge is -2.27. The minimum atomic E-state index is -3.16. The summed E-state index contributed by atoms with van der Waals surface area (Å²) < 4.78 is 37.2. The summed E-state index contributed by atoms with van der Waals surface area (Å²) in [5.74, 6) is -0.751. The van der Waals surface area contributed by atoms with Crippen LogP contribution in [0.1, 0.15) is 17.5 Å². The van der Waals surface area contributed by atoms with E-state index >= 15 is 0 Å². The van der Waals surface area contributed by atoms with Gasteiger partial charge in [0.2, 0.25) is 5.91 Å². The number of nitrogens with zero attached hydrogens (tertiary/aromatic N) is 1. The molecule has 0 aliphatic carbocycles. The fourth-order valence-corrected chi connectivity index (χ4v) is 5.04. The highest BCUT2D eigenvalue weighted by Gasteiger charge is 2.34. The Hall–Kier alpha value is -2.18. The normalized spacial score (nSPS) is 18.7. The van der Waals surface area contributed by atoms with Crippen LogP contribution in [0.25, 0.3) is 6.08 Å². The van der Waals surface area contributed by atoms with Crippen molar-refractivity contribution in [1.29, 1.82) is 0 Å². The predicted molar refractivity (Wildman–Crippen MR) is 104 cm³/mol. The maximum Gasteiger partial charge on any atom is 0.247 e. The van der Waals surface area contributed by atoms with Crippen LogP contribution < -0.4 is 0 Å². The summed E-state index contributed by atoms with van der Waals surface area (Å²) in [7, 11) is -3.16. The Kier molecular flexibility index (Phi) is 5.97. The zero-order valence-corrected chi connectivity index (χ0v) is 16.1. The Labute approximate surface area is 163 Å². The number of sulfone groups is 1. The molecule has 2 aromatic rings. The largest absolute Gasteiger partial charge is 0.331 e. The molecule has 0 N–H and O–H groups in total. The molecule has 1 aliphatic rings. The third-order valence-electron chi connectivity index (χ3n) is 4.48. The molecule has 0 radical (unpaired) electrons. The van der Waals surface area contributed by atoms with E-state index < -0.39 is 21.7 Å². The Morgan fingerprint density at radius 2 is 2.00 bits per heavy atom. The molecule has 4 nitrogen and oxygen atoms in total. The van der Waals surface area contributed by atoms with Crippen molar-refractivity contribution in [2.24, 2.45) is 0 Å². The maximum atomic E-state index is 13.5. The third-order valence-corrected chi connectivity index (χ3v) is 6.58. The molecule has 3 rings (SSSR count). The van der Waals surface area contributed by atoms with Crippen LogP contribution in [0.3, 0.4) is 0 Å². The first kappa shape index (κ1) is 19.6. The highest BCUT2D eigenvalue weighted by Crippen LogP contribution is 2.22. The first-order valence-corrected chi connectivity index (χ1v) is 10.7. The molecule has 1 amide bonds. The van der Waals surface area contributed by atoms with E-state index in [1.807, 2.05) is 6.07 Å². The lowest BCUT2D eigenvalue weighted by atomic mass is 10.1.